The van der Waals surface area contributed by atoms with E-state index < -0.39 is 0 Å². The van der Waals surface area contributed by atoms with Gasteiger partial charge in [0.2, 0.25) is 5.91 Å². The Morgan fingerprint density at radius 3 is 2.50 bits per heavy atom. The summed E-state index contributed by atoms with van der Waals surface area (Å²) in [6, 6.07) is 0.876. The molecule has 2 fully saturated rings. The molecular formula is C16H31N3O. The largest absolute Gasteiger partial charge is 0.343 e. The summed E-state index contributed by atoms with van der Waals surface area (Å²) in [4.78, 5) is 17.0. The van der Waals surface area contributed by atoms with Gasteiger partial charge in [0.05, 0.1) is 0 Å². The molecular weight excluding hydrogens is 250 g/mol. The molecule has 0 aromatic heterocycles. The molecule has 2 atom stereocenters. The summed E-state index contributed by atoms with van der Waals surface area (Å²) in [6.07, 6.45) is 9.25. The van der Waals surface area contributed by atoms with Crippen LogP contribution < -0.4 is 5.73 Å². The van der Waals surface area contributed by atoms with Gasteiger partial charge in [-0.15, -0.1) is 0 Å². The molecule has 2 aliphatic rings. The minimum atomic E-state index is 0.245. The number of carbonyl (C=O) groups is 1. The molecule has 0 aromatic carbocycles. The molecule has 20 heavy (non-hydrogen) atoms. The lowest BCUT2D eigenvalue weighted by atomic mass is 9.96. The fourth-order valence-electron chi connectivity index (χ4n) is 3.75. The highest BCUT2D eigenvalue weighted by atomic mass is 16.2. The van der Waals surface area contributed by atoms with Crippen molar-refractivity contribution in [3.63, 3.8) is 0 Å². The zero-order chi connectivity index (χ0) is 14.4. The normalized spacial score (nSPS) is 26.5. The molecule has 2 N–H and O–H groups in total. The van der Waals surface area contributed by atoms with E-state index in [1.54, 1.807) is 0 Å². The summed E-state index contributed by atoms with van der Waals surface area (Å²) < 4.78 is 0. The summed E-state index contributed by atoms with van der Waals surface area (Å²) in [6.45, 7) is 5.88. The first-order valence-corrected chi connectivity index (χ1v) is 8.49. The molecule has 0 spiro atoms. The van der Waals surface area contributed by atoms with Crippen molar-refractivity contribution in [1.82, 2.24) is 9.80 Å². The predicted octanol–water partition coefficient (Wildman–Crippen LogP) is 1.98. The lowest BCUT2D eigenvalue weighted by molar-refractivity contribution is -0.133. The molecule has 2 aliphatic heterocycles. The maximum absolute atomic E-state index is 12.4. The maximum atomic E-state index is 12.4. The molecule has 4 heteroatoms. The molecule has 116 valence electrons. The first-order chi connectivity index (χ1) is 9.76. The highest BCUT2D eigenvalue weighted by Crippen LogP contribution is 2.23. The minimum Gasteiger partial charge on any atom is -0.343 e. The maximum Gasteiger partial charge on any atom is 0.224 e. The van der Waals surface area contributed by atoms with E-state index in [9.17, 15) is 4.79 Å². The van der Waals surface area contributed by atoms with E-state index in [0.29, 0.717) is 24.9 Å². The molecule has 0 bridgehead atoms. The van der Waals surface area contributed by atoms with Crippen LogP contribution in [0.15, 0.2) is 0 Å². The van der Waals surface area contributed by atoms with Crippen LogP contribution in [0.4, 0.5) is 0 Å². The van der Waals surface area contributed by atoms with Gasteiger partial charge >= 0.3 is 0 Å². The van der Waals surface area contributed by atoms with Crippen molar-refractivity contribution in [3.8, 4) is 0 Å². The van der Waals surface area contributed by atoms with E-state index in [1.807, 2.05) is 0 Å². The van der Waals surface area contributed by atoms with Gasteiger partial charge in [-0.3, -0.25) is 9.69 Å². The van der Waals surface area contributed by atoms with E-state index in [2.05, 4.69) is 16.7 Å². The Morgan fingerprint density at radius 1 is 1.15 bits per heavy atom. The summed E-state index contributed by atoms with van der Waals surface area (Å²) in [5, 5.41) is 0. The second kappa shape index (κ2) is 7.99. The van der Waals surface area contributed by atoms with Crippen LogP contribution in [0.5, 0.6) is 0 Å². The van der Waals surface area contributed by atoms with Gasteiger partial charge in [0.15, 0.2) is 0 Å². The zero-order valence-electron chi connectivity index (χ0n) is 13.0. The quantitative estimate of drug-likeness (QED) is 0.838. The predicted molar refractivity (Wildman–Crippen MR) is 82.5 cm³/mol. The molecule has 2 heterocycles. The lowest BCUT2D eigenvalue weighted by Gasteiger charge is -2.41. The number of carbonyl (C=O) groups excluding carboxylic acids is 1. The molecule has 0 aliphatic carbocycles. The molecule has 2 saturated heterocycles. The summed E-state index contributed by atoms with van der Waals surface area (Å²) >= 11 is 0. The molecule has 2 unspecified atom stereocenters. The Morgan fingerprint density at radius 2 is 1.85 bits per heavy atom. The van der Waals surface area contributed by atoms with Gasteiger partial charge in [0.25, 0.3) is 0 Å². The van der Waals surface area contributed by atoms with Crippen LogP contribution >= 0.6 is 0 Å². The smallest absolute Gasteiger partial charge is 0.224 e. The fourth-order valence-corrected chi connectivity index (χ4v) is 3.75. The van der Waals surface area contributed by atoms with E-state index in [1.165, 1.54) is 44.9 Å². The second-order valence-electron chi connectivity index (χ2n) is 6.33. The lowest BCUT2D eigenvalue weighted by Crippen LogP contribution is -2.51. The van der Waals surface area contributed by atoms with Gasteiger partial charge in [-0.25, -0.2) is 0 Å². The van der Waals surface area contributed by atoms with Gasteiger partial charge in [-0.1, -0.05) is 13.3 Å². The van der Waals surface area contributed by atoms with Crippen molar-refractivity contribution in [2.24, 2.45) is 5.73 Å². The van der Waals surface area contributed by atoms with Crippen LogP contribution in [0.25, 0.3) is 0 Å². The summed E-state index contributed by atoms with van der Waals surface area (Å²) in [5.41, 5.74) is 5.99. The van der Waals surface area contributed by atoms with Gasteiger partial charge in [-0.2, -0.15) is 0 Å². The number of hydrogen-bond acceptors (Lipinski definition) is 3. The third kappa shape index (κ3) is 3.95. The Hall–Kier alpha value is -0.610. The van der Waals surface area contributed by atoms with Crippen LogP contribution in [-0.2, 0) is 4.79 Å². The van der Waals surface area contributed by atoms with Crippen LogP contribution in [0.3, 0.4) is 0 Å². The Balaban J connectivity index is 1.91. The molecule has 1 amide bonds. The van der Waals surface area contributed by atoms with Crippen molar-refractivity contribution in [1.29, 1.82) is 0 Å². The number of likely N-dealkylation sites (tertiary alicyclic amines) is 2. The van der Waals surface area contributed by atoms with Crippen molar-refractivity contribution in [3.05, 3.63) is 0 Å². The minimum absolute atomic E-state index is 0.245. The Labute approximate surface area is 123 Å². The second-order valence-corrected chi connectivity index (χ2v) is 6.33. The number of amides is 1. The first-order valence-electron chi connectivity index (χ1n) is 8.49. The number of rotatable bonds is 5. The third-order valence-corrected chi connectivity index (χ3v) is 5.00. The SMILES string of the molecule is CCC1CCCCN1C(CN)CC(=O)N1CCCCC1. The standard InChI is InChI=1S/C16H31N3O/c1-2-14-8-4-7-11-19(14)15(13-17)12-16(20)18-9-5-3-6-10-18/h14-15H,2-13,17H2,1H3. The highest BCUT2D eigenvalue weighted by molar-refractivity contribution is 5.77. The third-order valence-electron chi connectivity index (χ3n) is 5.00. The van der Waals surface area contributed by atoms with E-state index in [-0.39, 0.29) is 6.04 Å². The van der Waals surface area contributed by atoms with Crippen LogP contribution in [0, 0.1) is 0 Å². The highest BCUT2D eigenvalue weighted by Gasteiger charge is 2.29. The monoisotopic (exact) mass is 281 g/mol. The van der Waals surface area contributed by atoms with E-state index in [0.717, 1.165) is 19.6 Å². The number of piperidine rings is 2. The molecule has 2 rings (SSSR count). The zero-order valence-corrected chi connectivity index (χ0v) is 13.0. The average molecular weight is 281 g/mol. The Kier molecular flexibility index (Phi) is 6.30. The van der Waals surface area contributed by atoms with Crippen molar-refractivity contribution in [2.45, 2.75) is 70.4 Å². The van der Waals surface area contributed by atoms with Crippen LogP contribution in [0.2, 0.25) is 0 Å². The summed E-state index contributed by atoms with van der Waals surface area (Å²) in [5.74, 6) is 0.320. The summed E-state index contributed by atoms with van der Waals surface area (Å²) in [7, 11) is 0. The van der Waals surface area contributed by atoms with Gasteiger partial charge in [0, 0.05) is 38.1 Å². The van der Waals surface area contributed by atoms with Gasteiger partial charge in [-0.05, 0) is 45.1 Å². The van der Waals surface area contributed by atoms with Crippen molar-refractivity contribution < 1.29 is 4.79 Å². The van der Waals surface area contributed by atoms with E-state index >= 15 is 0 Å². The molecule has 0 radical (unpaired) electrons. The van der Waals surface area contributed by atoms with Gasteiger partial charge in [0.1, 0.15) is 0 Å². The van der Waals surface area contributed by atoms with Crippen LogP contribution in [0.1, 0.15) is 58.3 Å². The van der Waals surface area contributed by atoms with Crippen molar-refractivity contribution in [2.75, 3.05) is 26.2 Å². The first kappa shape index (κ1) is 15.8. The fraction of sp³-hybridized carbons (Fsp3) is 0.938. The number of hydrogen-bond donors (Lipinski definition) is 1. The van der Waals surface area contributed by atoms with Gasteiger partial charge < -0.3 is 10.6 Å². The molecule has 0 aromatic rings. The van der Waals surface area contributed by atoms with E-state index in [4.69, 9.17) is 5.73 Å². The topological polar surface area (TPSA) is 49.6 Å². The van der Waals surface area contributed by atoms with Crippen LogP contribution in [-0.4, -0.2) is 54.0 Å². The van der Waals surface area contributed by atoms with Crippen molar-refractivity contribution >= 4 is 5.91 Å². The average Bonchev–Trinajstić information content (AvgIpc) is 2.53. The number of nitrogens with two attached hydrogens (primary N) is 1. The molecule has 0 saturated carbocycles. The number of nitrogens with zero attached hydrogens (tertiary/aromatic N) is 2. The Bertz CT molecular complexity index is 302. The molecule has 4 nitrogen and oxygen atoms in total.